The summed E-state index contributed by atoms with van der Waals surface area (Å²) in [7, 11) is 0. The van der Waals surface area contributed by atoms with Gasteiger partial charge in [-0.2, -0.15) is 0 Å². The van der Waals surface area contributed by atoms with Gasteiger partial charge in [-0.05, 0) is 31.9 Å². The van der Waals surface area contributed by atoms with Crippen LogP contribution in [0.3, 0.4) is 0 Å². The molecule has 2 rings (SSSR count). The van der Waals surface area contributed by atoms with E-state index in [0.717, 1.165) is 12.8 Å². The molecule has 0 radical (unpaired) electrons. The van der Waals surface area contributed by atoms with Crippen molar-refractivity contribution in [2.45, 2.75) is 31.8 Å². The molecule has 1 amide bonds. The highest BCUT2D eigenvalue weighted by atomic mass is 35.5. The van der Waals surface area contributed by atoms with Crippen LogP contribution in [0, 0.1) is 0 Å². The largest absolute Gasteiger partial charge is 0.478 e. The predicted molar refractivity (Wildman–Crippen MR) is 70.5 cm³/mol. The summed E-state index contributed by atoms with van der Waals surface area (Å²) in [5, 5.41) is 14.7. The SMILES string of the molecule is CC(Nc1cc(C(=O)O)cc(Cl)n1)C(=O)NC1CC1. The fourth-order valence-corrected chi connectivity index (χ4v) is 1.74. The van der Waals surface area contributed by atoms with Crippen LogP contribution in [-0.4, -0.2) is 34.1 Å². The summed E-state index contributed by atoms with van der Waals surface area (Å²) >= 11 is 5.74. The van der Waals surface area contributed by atoms with Crippen LogP contribution in [0.2, 0.25) is 5.15 Å². The zero-order valence-corrected chi connectivity index (χ0v) is 11.1. The van der Waals surface area contributed by atoms with E-state index in [2.05, 4.69) is 15.6 Å². The minimum atomic E-state index is -1.09. The number of hydrogen-bond acceptors (Lipinski definition) is 4. The van der Waals surface area contributed by atoms with Crippen LogP contribution in [0.25, 0.3) is 0 Å². The third-order valence-electron chi connectivity index (χ3n) is 2.72. The lowest BCUT2D eigenvalue weighted by atomic mass is 10.2. The Morgan fingerprint density at radius 1 is 1.47 bits per heavy atom. The van der Waals surface area contributed by atoms with Crippen LogP contribution in [0.4, 0.5) is 5.82 Å². The maximum absolute atomic E-state index is 11.8. The molecular formula is C12H14ClN3O3. The van der Waals surface area contributed by atoms with Gasteiger partial charge < -0.3 is 15.7 Å². The van der Waals surface area contributed by atoms with Gasteiger partial charge in [-0.3, -0.25) is 4.79 Å². The van der Waals surface area contributed by atoms with Crippen molar-refractivity contribution in [3.05, 3.63) is 22.8 Å². The first kappa shape index (κ1) is 13.6. The molecule has 102 valence electrons. The molecule has 1 aliphatic rings. The number of aromatic nitrogens is 1. The van der Waals surface area contributed by atoms with E-state index in [1.165, 1.54) is 12.1 Å². The molecule has 1 heterocycles. The second-order valence-electron chi connectivity index (χ2n) is 4.52. The van der Waals surface area contributed by atoms with Crippen LogP contribution in [-0.2, 0) is 4.79 Å². The topological polar surface area (TPSA) is 91.3 Å². The zero-order chi connectivity index (χ0) is 14.0. The van der Waals surface area contributed by atoms with Crippen molar-refractivity contribution in [3.63, 3.8) is 0 Å². The first-order valence-electron chi connectivity index (χ1n) is 5.93. The molecule has 1 unspecified atom stereocenters. The van der Waals surface area contributed by atoms with E-state index in [-0.39, 0.29) is 28.5 Å². The maximum atomic E-state index is 11.8. The summed E-state index contributed by atoms with van der Waals surface area (Å²) in [4.78, 5) is 26.6. The fraction of sp³-hybridized carbons (Fsp3) is 0.417. The number of amides is 1. The van der Waals surface area contributed by atoms with Gasteiger partial charge in [0.05, 0.1) is 5.56 Å². The first-order valence-corrected chi connectivity index (χ1v) is 6.31. The minimum Gasteiger partial charge on any atom is -0.478 e. The van der Waals surface area contributed by atoms with Crippen LogP contribution in [0.5, 0.6) is 0 Å². The van der Waals surface area contributed by atoms with E-state index < -0.39 is 12.0 Å². The average molecular weight is 284 g/mol. The Morgan fingerprint density at radius 2 is 2.16 bits per heavy atom. The Balaban J connectivity index is 2.04. The third-order valence-corrected chi connectivity index (χ3v) is 2.92. The van der Waals surface area contributed by atoms with Gasteiger partial charge in [-0.15, -0.1) is 0 Å². The molecular weight excluding hydrogens is 270 g/mol. The molecule has 1 aromatic rings. The Bertz CT molecular complexity index is 517. The Kier molecular flexibility index (Phi) is 3.90. The fourth-order valence-electron chi connectivity index (χ4n) is 1.54. The van der Waals surface area contributed by atoms with Crippen molar-refractivity contribution < 1.29 is 14.7 Å². The monoisotopic (exact) mass is 283 g/mol. The number of rotatable bonds is 5. The van der Waals surface area contributed by atoms with E-state index in [9.17, 15) is 9.59 Å². The van der Waals surface area contributed by atoms with Crippen molar-refractivity contribution in [1.82, 2.24) is 10.3 Å². The molecule has 19 heavy (non-hydrogen) atoms. The Labute approximate surface area is 115 Å². The van der Waals surface area contributed by atoms with E-state index in [1.807, 2.05) is 0 Å². The standard InChI is InChI=1S/C12H14ClN3O3/c1-6(11(17)15-8-2-3-8)14-10-5-7(12(18)19)4-9(13)16-10/h4-6,8H,2-3H2,1H3,(H,14,16)(H,15,17)(H,18,19). The third kappa shape index (κ3) is 3.82. The van der Waals surface area contributed by atoms with Gasteiger partial charge in [0.25, 0.3) is 0 Å². The molecule has 1 saturated carbocycles. The number of aromatic carboxylic acids is 1. The van der Waals surface area contributed by atoms with E-state index in [4.69, 9.17) is 16.7 Å². The number of carboxylic acids is 1. The van der Waals surface area contributed by atoms with Crippen molar-refractivity contribution >= 4 is 29.3 Å². The molecule has 1 aliphatic carbocycles. The molecule has 1 aromatic heterocycles. The number of pyridine rings is 1. The lowest BCUT2D eigenvalue weighted by molar-refractivity contribution is -0.121. The number of nitrogens with one attached hydrogen (secondary N) is 2. The van der Waals surface area contributed by atoms with Crippen molar-refractivity contribution in [2.24, 2.45) is 0 Å². The van der Waals surface area contributed by atoms with Crippen molar-refractivity contribution in [1.29, 1.82) is 0 Å². The zero-order valence-electron chi connectivity index (χ0n) is 10.3. The molecule has 6 nitrogen and oxygen atoms in total. The van der Waals surface area contributed by atoms with Crippen LogP contribution in [0.15, 0.2) is 12.1 Å². The maximum Gasteiger partial charge on any atom is 0.335 e. The quantitative estimate of drug-likeness (QED) is 0.713. The van der Waals surface area contributed by atoms with Crippen LogP contribution >= 0.6 is 11.6 Å². The van der Waals surface area contributed by atoms with Crippen molar-refractivity contribution in [3.8, 4) is 0 Å². The second kappa shape index (κ2) is 5.44. The molecule has 0 spiro atoms. The second-order valence-corrected chi connectivity index (χ2v) is 4.91. The number of halogens is 1. The van der Waals surface area contributed by atoms with Crippen LogP contribution in [0.1, 0.15) is 30.1 Å². The number of nitrogens with zero attached hydrogens (tertiary/aromatic N) is 1. The first-order chi connectivity index (χ1) is 8.95. The molecule has 1 atom stereocenters. The summed E-state index contributed by atoms with van der Waals surface area (Å²) in [5.74, 6) is -0.966. The molecule has 1 fully saturated rings. The summed E-state index contributed by atoms with van der Waals surface area (Å²) in [6, 6.07) is 2.37. The number of anilines is 1. The molecule has 0 bridgehead atoms. The van der Waals surface area contributed by atoms with Gasteiger partial charge >= 0.3 is 5.97 Å². The van der Waals surface area contributed by atoms with Gasteiger partial charge in [-0.25, -0.2) is 9.78 Å². The van der Waals surface area contributed by atoms with Crippen molar-refractivity contribution in [2.75, 3.05) is 5.32 Å². The normalized spacial score (nSPS) is 15.7. The van der Waals surface area contributed by atoms with Gasteiger partial charge in [0.2, 0.25) is 5.91 Å². The van der Waals surface area contributed by atoms with Gasteiger partial charge in [0.1, 0.15) is 17.0 Å². The average Bonchev–Trinajstić information content (AvgIpc) is 3.11. The van der Waals surface area contributed by atoms with Gasteiger partial charge in [0.15, 0.2) is 0 Å². The lowest BCUT2D eigenvalue weighted by Gasteiger charge is -2.14. The Morgan fingerprint density at radius 3 is 2.74 bits per heavy atom. The highest BCUT2D eigenvalue weighted by molar-refractivity contribution is 6.29. The summed E-state index contributed by atoms with van der Waals surface area (Å²) in [5.41, 5.74) is 0.0253. The molecule has 7 heteroatoms. The summed E-state index contributed by atoms with van der Waals surface area (Å²) in [6.45, 7) is 1.68. The van der Waals surface area contributed by atoms with Crippen LogP contribution < -0.4 is 10.6 Å². The Hall–Kier alpha value is -1.82. The molecule has 0 aliphatic heterocycles. The number of hydrogen-bond donors (Lipinski definition) is 3. The molecule has 3 N–H and O–H groups in total. The summed E-state index contributed by atoms with van der Waals surface area (Å²) < 4.78 is 0. The number of carbonyl (C=O) groups is 2. The number of carboxylic acid groups (broad SMARTS) is 1. The molecule has 0 saturated heterocycles. The predicted octanol–water partition coefficient (Wildman–Crippen LogP) is 1.51. The van der Waals surface area contributed by atoms with Gasteiger partial charge in [0, 0.05) is 6.04 Å². The highest BCUT2D eigenvalue weighted by Crippen LogP contribution is 2.19. The molecule has 0 aromatic carbocycles. The number of carbonyl (C=O) groups excluding carboxylic acids is 1. The smallest absolute Gasteiger partial charge is 0.335 e. The van der Waals surface area contributed by atoms with Gasteiger partial charge in [-0.1, -0.05) is 11.6 Å². The minimum absolute atomic E-state index is 0.0253. The lowest BCUT2D eigenvalue weighted by Crippen LogP contribution is -2.38. The highest BCUT2D eigenvalue weighted by Gasteiger charge is 2.25. The van der Waals surface area contributed by atoms with E-state index in [1.54, 1.807) is 6.92 Å². The van der Waals surface area contributed by atoms with E-state index in [0.29, 0.717) is 0 Å². The van der Waals surface area contributed by atoms with E-state index >= 15 is 0 Å². The summed E-state index contributed by atoms with van der Waals surface area (Å²) in [6.07, 6.45) is 2.02.